The molecule has 9 heteroatoms. The summed E-state index contributed by atoms with van der Waals surface area (Å²) in [6, 6.07) is 0. The summed E-state index contributed by atoms with van der Waals surface area (Å²) in [5.74, 6) is -0.917. The number of nitrogens with zero attached hydrogens (tertiary/aromatic N) is 3. The van der Waals surface area contributed by atoms with Crippen molar-refractivity contribution in [1.82, 2.24) is 20.2 Å². The minimum atomic E-state index is -1.30. The van der Waals surface area contributed by atoms with E-state index in [0.29, 0.717) is 13.2 Å². The number of hydrogen-bond donors (Lipinski definition) is 3. The van der Waals surface area contributed by atoms with E-state index in [1.54, 1.807) is 4.90 Å². The number of carbonyl (C=O) groups is 2. The highest BCUT2D eigenvalue weighted by molar-refractivity contribution is 5.91. The molecule has 1 aromatic heterocycles. The third-order valence-electron chi connectivity index (χ3n) is 3.19. The lowest BCUT2D eigenvalue weighted by Crippen LogP contribution is -2.53. The SMILES string of the molecule is NC(=O)CN1CCOC[C@](O)(CNC(=O)c2cnccn2)C1. The quantitative estimate of drug-likeness (QED) is 0.560. The first kappa shape index (κ1) is 16.3. The minimum Gasteiger partial charge on any atom is -0.384 e. The molecule has 0 unspecified atom stereocenters. The maximum atomic E-state index is 11.9. The summed E-state index contributed by atoms with van der Waals surface area (Å²) in [6.07, 6.45) is 4.21. The zero-order chi connectivity index (χ0) is 16.0. The molecule has 4 N–H and O–H groups in total. The molecule has 1 aliphatic rings. The molecule has 9 nitrogen and oxygen atoms in total. The van der Waals surface area contributed by atoms with Crippen LogP contribution in [0.1, 0.15) is 10.5 Å². The van der Waals surface area contributed by atoms with Gasteiger partial charge < -0.3 is 20.9 Å². The van der Waals surface area contributed by atoms with Gasteiger partial charge in [0.25, 0.3) is 5.91 Å². The molecule has 0 aliphatic carbocycles. The maximum absolute atomic E-state index is 11.9. The molecule has 0 radical (unpaired) electrons. The summed E-state index contributed by atoms with van der Waals surface area (Å²) in [5.41, 5.74) is 4.03. The highest BCUT2D eigenvalue weighted by Crippen LogP contribution is 2.11. The van der Waals surface area contributed by atoms with Gasteiger partial charge in [0.05, 0.1) is 32.5 Å². The average molecular weight is 309 g/mol. The van der Waals surface area contributed by atoms with Gasteiger partial charge in [-0.1, -0.05) is 0 Å². The summed E-state index contributed by atoms with van der Waals surface area (Å²) in [6.45, 7) is 1.11. The second-order valence-corrected chi connectivity index (χ2v) is 5.23. The molecule has 120 valence electrons. The first-order valence-corrected chi connectivity index (χ1v) is 6.83. The molecule has 2 amide bonds. The number of ether oxygens (including phenoxy) is 1. The summed E-state index contributed by atoms with van der Waals surface area (Å²) < 4.78 is 5.34. The molecule has 22 heavy (non-hydrogen) atoms. The molecule has 0 spiro atoms. The summed E-state index contributed by atoms with van der Waals surface area (Å²) in [4.78, 5) is 32.3. The van der Waals surface area contributed by atoms with Crippen molar-refractivity contribution < 1.29 is 19.4 Å². The number of carbonyl (C=O) groups excluding carboxylic acids is 2. The van der Waals surface area contributed by atoms with E-state index in [2.05, 4.69) is 15.3 Å². The maximum Gasteiger partial charge on any atom is 0.271 e. The van der Waals surface area contributed by atoms with Crippen LogP contribution < -0.4 is 11.1 Å². The molecule has 2 heterocycles. The second kappa shape index (κ2) is 7.25. The standard InChI is InChI=1S/C13H19N5O4/c14-11(19)6-18-3-4-22-9-13(21,8-18)7-17-12(20)10-5-15-1-2-16-10/h1-2,5,21H,3-4,6-9H2,(H2,14,19)(H,17,20)/t13-/m0/s1. The smallest absolute Gasteiger partial charge is 0.271 e. The van der Waals surface area contributed by atoms with Gasteiger partial charge in [-0.2, -0.15) is 0 Å². The lowest BCUT2D eigenvalue weighted by molar-refractivity contribution is -0.119. The van der Waals surface area contributed by atoms with Gasteiger partial charge >= 0.3 is 0 Å². The Bertz CT molecular complexity index is 526. The van der Waals surface area contributed by atoms with E-state index >= 15 is 0 Å². The van der Waals surface area contributed by atoms with Gasteiger partial charge in [0.15, 0.2) is 0 Å². The molecule has 1 fully saturated rings. The van der Waals surface area contributed by atoms with Crippen LogP contribution in [0.15, 0.2) is 18.6 Å². The summed E-state index contributed by atoms with van der Waals surface area (Å²) >= 11 is 0. The van der Waals surface area contributed by atoms with Crippen molar-refractivity contribution in [3.63, 3.8) is 0 Å². The Hall–Kier alpha value is -2.10. The Morgan fingerprint density at radius 1 is 1.50 bits per heavy atom. The van der Waals surface area contributed by atoms with E-state index in [-0.39, 0.29) is 31.9 Å². The number of aromatic nitrogens is 2. The zero-order valence-corrected chi connectivity index (χ0v) is 12.1. The number of β-amino-alcohol motifs (C(OH)–C–C–N with tert-alkyl or cyclic N) is 1. The van der Waals surface area contributed by atoms with Crippen molar-refractivity contribution in [2.24, 2.45) is 5.73 Å². The van der Waals surface area contributed by atoms with Crippen LogP contribution in [0.3, 0.4) is 0 Å². The summed E-state index contributed by atoms with van der Waals surface area (Å²) in [7, 11) is 0. The van der Waals surface area contributed by atoms with Crippen LogP contribution in [0.2, 0.25) is 0 Å². The number of primary amides is 1. The van der Waals surface area contributed by atoms with Crippen molar-refractivity contribution >= 4 is 11.8 Å². The van der Waals surface area contributed by atoms with E-state index in [1.165, 1.54) is 18.6 Å². The lowest BCUT2D eigenvalue weighted by atomic mass is 10.0. The van der Waals surface area contributed by atoms with Gasteiger partial charge in [-0.05, 0) is 0 Å². The van der Waals surface area contributed by atoms with Crippen LogP contribution in [0.4, 0.5) is 0 Å². The Morgan fingerprint density at radius 3 is 3.00 bits per heavy atom. The number of hydrogen-bond acceptors (Lipinski definition) is 7. The van der Waals surface area contributed by atoms with Crippen LogP contribution in [-0.4, -0.2) is 76.8 Å². The van der Waals surface area contributed by atoms with Crippen molar-refractivity contribution in [3.8, 4) is 0 Å². The Balaban J connectivity index is 1.94. The van der Waals surface area contributed by atoms with E-state index in [9.17, 15) is 14.7 Å². The van der Waals surface area contributed by atoms with Gasteiger partial charge in [0.2, 0.25) is 5.91 Å². The fraction of sp³-hybridized carbons (Fsp3) is 0.538. The normalized spacial score (nSPS) is 22.8. The van der Waals surface area contributed by atoms with E-state index in [1.807, 2.05) is 0 Å². The molecule has 0 bridgehead atoms. The van der Waals surface area contributed by atoms with Gasteiger partial charge in [-0.25, -0.2) is 4.98 Å². The van der Waals surface area contributed by atoms with Crippen molar-refractivity contribution in [2.75, 3.05) is 39.4 Å². The number of rotatable bonds is 5. The third-order valence-corrected chi connectivity index (χ3v) is 3.19. The van der Waals surface area contributed by atoms with Crippen LogP contribution in [0, 0.1) is 0 Å². The number of nitrogens with two attached hydrogens (primary N) is 1. The molecule has 2 rings (SSSR count). The largest absolute Gasteiger partial charge is 0.384 e. The molecule has 1 aliphatic heterocycles. The molecular weight excluding hydrogens is 290 g/mol. The van der Waals surface area contributed by atoms with E-state index in [0.717, 1.165) is 0 Å². The lowest BCUT2D eigenvalue weighted by Gasteiger charge is -2.30. The van der Waals surface area contributed by atoms with Crippen LogP contribution in [0.5, 0.6) is 0 Å². The fourth-order valence-corrected chi connectivity index (χ4v) is 2.21. The second-order valence-electron chi connectivity index (χ2n) is 5.23. The predicted octanol–water partition coefficient (Wildman–Crippen LogP) is -2.24. The third kappa shape index (κ3) is 4.72. The number of nitrogens with one attached hydrogen (secondary N) is 1. The fourth-order valence-electron chi connectivity index (χ4n) is 2.21. The molecule has 0 aromatic carbocycles. The molecular formula is C13H19N5O4. The van der Waals surface area contributed by atoms with Crippen molar-refractivity contribution in [2.45, 2.75) is 5.60 Å². The average Bonchev–Trinajstić information content (AvgIpc) is 2.67. The zero-order valence-electron chi connectivity index (χ0n) is 12.1. The summed E-state index contributed by atoms with van der Waals surface area (Å²) in [5, 5.41) is 13.2. The Kier molecular flexibility index (Phi) is 5.36. The van der Waals surface area contributed by atoms with Gasteiger partial charge in [-0.3, -0.25) is 19.5 Å². The highest BCUT2D eigenvalue weighted by atomic mass is 16.5. The first-order valence-electron chi connectivity index (χ1n) is 6.83. The highest BCUT2D eigenvalue weighted by Gasteiger charge is 2.33. The number of amides is 2. The Labute approximate surface area is 127 Å². The Morgan fingerprint density at radius 2 is 2.32 bits per heavy atom. The van der Waals surface area contributed by atoms with Crippen molar-refractivity contribution in [3.05, 3.63) is 24.3 Å². The van der Waals surface area contributed by atoms with Gasteiger partial charge in [-0.15, -0.1) is 0 Å². The van der Waals surface area contributed by atoms with Gasteiger partial charge in [0, 0.05) is 25.5 Å². The first-order chi connectivity index (χ1) is 10.5. The number of aliphatic hydroxyl groups is 1. The van der Waals surface area contributed by atoms with Crippen LogP contribution in [0.25, 0.3) is 0 Å². The minimum absolute atomic E-state index is 0.0301. The van der Waals surface area contributed by atoms with Crippen LogP contribution in [-0.2, 0) is 9.53 Å². The van der Waals surface area contributed by atoms with Crippen LogP contribution >= 0.6 is 0 Å². The monoisotopic (exact) mass is 309 g/mol. The molecule has 0 saturated carbocycles. The van der Waals surface area contributed by atoms with Gasteiger partial charge in [0.1, 0.15) is 11.3 Å². The predicted molar refractivity (Wildman–Crippen MR) is 75.8 cm³/mol. The van der Waals surface area contributed by atoms with Crippen molar-refractivity contribution in [1.29, 1.82) is 0 Å². The van der Waals surface area contributed by atoms with E-state index in [4.69, 9.17) is 10.5 Å². The molecule has 1 aromatic rings. The molecule has 1 saturated heterocycles. The topological polar surface area (TPSA) is 131 Å². The van der Waals surface area contributed by atoms with E-state index < -0.39 is 17.4 Å². The molecule has 1 atom stereocenters.